The number of benzene rings is 1. The Balaban J connectivity index is 1.23. The maximum Gasteiger partial charge on any atom is 0.282 e. The molecule has 2 amide bonds. The lowest BCUT2D eigenvalue weighted by Gasteiger charge is -2.41. The Morgan fingerprint density at radius 3 is 2.50 bits per heavy atom. The van der Waals surface area contributed by atoms with Gasteiger partial charge in [0.2, 0.25) is 11.8 Å². The Bertz CT molecular complexity index is 1160. The van der Waals surface area contributed by atoms with E-state index in [9.17, 15) is 23.1 Å². The van der Waals surface area contributed by atoms with E-state index in [-0.39, 0.29) is 55.9 Å². The fourth-order valence-electron chi connectivity index (χ4n) is 6.08. The van der Waals surface area contributed by atoms with Gasteiger partial charge < -0.3 is 15.3 Å². The van der Waals surface area contributed by atoms with Crippen molar-refractivity contribution < 1.29 is 23.1 Å². The molecule has 3 saturated heterocycles. The Kier molecular flexibility index (Phi) is 7.05. The first-order valence-electron chi connectivity index (χ1n) is 12.8. The van der Waals surface area contributed by atoms with Crippen molar-refractivity contribution in [1.82, 2.24) is 18.8 Å². The lowest BCUT2D eigenvalue weighted by Crippen LogP contribution is -2.57. The third kappa shape index (κ3) is 4.52. The van der Waals surface area contributed by atoms with Crippen LogP contribution in [0.15, 0.2) is 24.3 Å². The molecule has 4 atom stereocenters. The predicted octanol–water partition coefficient (Wildman–Crippen LogP) is 0.727. The third-order valence-electron chi connectivity index (χ3n) is 8.12. The molecule has 194 valence electrons. The van der Waals surface area contributed by atoms with Crippen LogP contribution in [0.1, 0.15) is 55.2 Å². The third-order valence-corrected chi connectivity index (χ3v) is 10.1. The van der Waals surface area contributed by atoms with E-state index >= 15 is 0 Å². The number of aliphatic hydroxyl groups excluding tert-OH is 1. The summed E-state index contributed by atoms with van der Waals surface area (Å²) in [5.74, 6) is -1.13. The normalized spacial score (nSPS) is 29.4. The van der Waals surface area contributed by atoms with Crippen molar-refractivity contribution in [1.29, 1.82) is 5.26 Å². The minimum Gasteiger partial charge on any atom is -0.396 e. The molecule has 0 radical (unpaired) electrons. The van der Waals surface area contributed by atoms with Gasteiger partial charge in [-0.15, -0.1) is 0 Å². The number of fused-ring (bicyclic) bond motifs is 1. The average Bonchev–Trinajstić information content (AvgIpc) is 3.48. The summed E-state index contributed by atoms with van der Waals surface area (Å²) < 4.78 is 28.6. The van der Waals surface area contributed by atoms with Gasteiger partial charge in [0.15, 0.2) is 0 Å². The SMILES string of the molecule is N#CC1CN(S(=O)(=O)N2CCCC(C(=O)N3CCC[C@@H]3C(=O)NC3CC(CO)c4ccccc43)C2)C1. The number of hydrogen-bond acceptors (Lipinski definition) is 6. The standard InChI is InChI=1S/C25H33N5O5S/c26-12-17-13-29(14-17)36(34,35)28-9-3-5-18(15-28)25(33)30-10-4-8-23(30)24(32)27-22-11-19(16-31)20-6-1-2-7-21(20)22/h1-2,6-7,17-19,22-23,31H,3-5,8-11,13-16H2,(H,27,32)/t18?,19?,22?,23-/m1/s1. The lowest BCUT2D eigenvalue weighted by atomic mass is 9.97. The number of rotatable bonds is 6. The number of nitrogens with one attached hydrogen (secondary N) is 1. The van der Waals surface area contributed by atoms with Gasteiger partial charge in [-0.25, -0.2) is 0 Å². The van der Waals surface area contributed by atoms with E-state index in [4.69, 9.17) is 5.26 Å². The van der Waals surface area contributed by atoms with Gasteiger partial charge >= 0.3 is 0 Å². The molecule has 3 heterocycles. The van der Waals surface area contributed by atoms with E-state index in [1.807, 2.05) is 24.3 Å². The van der Waals surface area contributed by atoms with E-state index in [1.54, 1.807) is 4.90 Å². The second-order valence-electron chi connectivity index (χ2n) is 10.3. The van der Waals surface area contributed by atoms with Crippen molar-refractivity contribution in [3.8, 4) is 6.07 Å². The van der Waals surface area contributed by atoms with Gasteiger partial charge in [-0.3, -0.25) is 9.59 Å². The maximum absolute atomic E-state index is 13.5. The zero-order chi connectivity index (χ0) is 25.4. The number of hydrogen-bond donors (Lipinski definition) is 2. The van der Waals surface area contributed by atoms with Gasteiger partial charge in [0.1, 0.15) is 6.04 Å². The fourth-order valence-corrected chi connectivity index (χ4v) is 7.87. The van der Waals surface area contributed by atoms with Crippen LogP contribution in [0.2, 0.25) is 0 Å². The molecular formula is C25H33N5O5S. The van der Waals surface area contributed by atoms with Crippen molar-refractivity contribution in [2.24, 2.45) is 11.8 Å². The van der Waals surface area contributed by atoms with Crippen LogP contribution in [-0.4, -0.2) is 84.2 Å². The van der Waals surface area contributed by atoms with Crippen LogP contribution >= 0.6 is 0 Å². The number of carbonyl (C=O) groups is 2. The first-order valence-corrected chi connectivity index (χ1v) is 14.2. The van der Waals surface area contributed by atoms with Gasteiger partial charge in [-0.1, -0.05) is 24.3 Å². The summed E-state index contributed by atoms with van der Waals surface area (Å²) in [5, 5.41) is 21.9. The van der Waals surface area contributed by atoms with Crippen molar-refractivity contribution >= 4 is 22.0 Å². The molecule has 0 spiro atoms. The van der Waals surface area contributed by atoms with E-state index in [0.29, 0.717) is 38.8 Å². The molecule has 0 saturated carbocycles. The minimum atomic E-state index is -3.69. The molecular weight excluding hydrogens is 482 g/mol. The number of carbonyl (C=O) groups excluding carboxylic acids is 2. The molecule has 1 aliphatic carbocycles. The predicted molar refractivity (Wildman–Crippen MR) is 130 cm³/mol. The van der Waals surface area contributed by atoms with E-state index < -0.39 is 22.2 Å². The Morgan fingerprint density at radius 1 is 1.06 bits per heavy atom. The highest BCUT2D eigenvalue weighted by Gasteiger charge is 2.44. The largest absolute Gasteiger partial charge is 0.396 e. The van der Waals surface area contributed by atoms with Crippen LogP contribution in [0.4, 0.5) is 0 Å². The highest BCUT2D eigenvalue weighted by molar-refractivity contribution is 7.86. The fraction of sp³-hybridized carbons (Fsp3) is 0.640. The summed E-state index contributed by atoms with van der Waals surface area (Å²) in [6, 6.07) is 9.12. The molecule has 3 aliphatic heterocycles. The molecule has 2 N–H and O–H groups in total. The van der Waals surface area contributed by atoms with Crippen LogP contribution in [-0.2, 0) is 19.8 Å². The van der Waals surface area contributed by atoms with Gasteiger partial charge in [0.05, 0.1) is 30.6 Å². The summed E-state index contributed by atoms with van der Waals surface area (Å²) in [6.45, 7) is 1.36. The molecule has 5 rings (SSSR count). The Morgan fingerprint density at radius 2 is 1.78 bits per heavy atom. The molecule has 3 unspecified atom stereocenters. The molecule has 1 aromatic carbocycles. The molecule has 3 fully saturated rings. The summed E-state index contributed by atoms with van der Waals surface area (Å²) in [6.07, 6.45) is 3.10. The second kappa shape index (κ2) is 10.1. The van der Waals surface area contributed by atoms with Crippen LogP contribution in [0, 0.1) is 23.2 Å². The molecule has 4 aliphatic rings. The van der Waals surface area contributed by atoms with Crippen LogP contribution in [0.25, 0.3) is 0 Å². The zero-order valence-electron chi connectivity index (χ0n) is 20.3. The summed E-state index contributed by atoms with van der Waals surface area (Å²) >= 11 is 0. The van der Waals surface area contributed by atoms with Gasteiger partial charge in [0, 0.05) is 38.6 Å². The first kappa shape index (κ1) is 25.1. The monoisotopic (exact) mass is 515 g/mol. The minimum absolute atomic E-state index is 0.0159. The van der Waals surface area contributed by atoms with Crippen molar-refractivity contribution in [2.45, 2.75) is 50.1 Å². The number of nitriles is 1. The molecule has 36 heavy (non-hydrogen) atoms. The number of piperidine rings is 1. The number of nitrogens with zero attached hydrogens (tertiary/aromatic N) is 4. The van der Waals surface area contributed by atoms with Crippen LogP contribution in [0.3, 0.4) is 0 Å². The molecule has 0 bridgehead atoms. The number of likely N-dealkylation sites (tertiary alicyclic amines) is 1. The highest BCUT2D eigenvalue weighted by Crippen LogP contribution is 2.40. The summed E-state index contributed by atoms with van der Waals surface area (Å²) in [5.41, 5.74) is 2.06. The van der Waals surface area contributed by atoms with Crippen molar-refractivity contribution in [3.63, 3.8) is 0 Å². The first-order chi connectivity index (χ1) is 17.3. The molecule has 0 aromatic heterocycles. The Labute approximate surface area is 212 Å². The molecule has 11 heteroatoms. The second-order valence-corrected chi connectivity index (χ2v) is 12.3. The average molecular weight is 516 g/mol. The Hall–Kier alpha value is -2.52. The lowest BCUT2D eigenvalue weighted by molar-refractivity contribution is -0.142. The number of aliphatic hydroxyl groups is 1. The topological polar surface area (TPSA) is 134 Å². The molecule has 1 aromatic rings. The van der Waals surface area contributed by atoms with E-state index in [2.05, 4.69) is 11.4 Å². The smallest absolute Gasteiger partial charge is 0.282 e. The quantitative estimate of drug-likeness (QED) is 0.574. The van der Waals surface area contributed by atoms with Crippen molar-refractivity contribution in [3.05, 3.63) is 35.4 Å². The van der Waals surface area contributed by atoms with Crippen LogP contribution < -0.4 is 5.32 Å². The number of amides is 2. The van der Waals surface area contributed by atoms with E-state index in [0.717, 1.165) is 17.5 Å². The maximum atomic E-state index is 13.5. The summed E-state index contributed by atoms with van der Waals surface area (Å²) in [4.78, 5) is 28.5. The highest BCUT2D eigenvalue weighted by atomic mass is 32.2. The van der Waals surface area contributed by atoms with Gasteiger partial charge in [-0.2, -0.15) is 22.3 Å². The summed E-state index contributed by atoms with van der Waals surface area (Å²) in [7, 11) is -3.69. The van der Waals surface area contributed by atoms with Crippen LogP contribution in [0.5, 0.6) is 0 Å². The zero-order valence-corrected chi connectivity index (χ0v) is 21.1. The molecule has 10 nitrogen and oxygen atoms in total. The van der Waals surface area contributed by atoms with Gasteiger partial charge in [-0.05, 0) is 43.2 Å². The van der Waals surface area contributed by atoms with E-state index in [1.165, 1.54) is 8.61 Å². The van der Waals surface area contributed by atoms with Crippen molar-refractivity contribution in [2.75, 3.05) is 39.3 Å². The van der Waals surface area contributed by atoms with Gasteiger partial charge in [0.25, 0.3) is 10.2 Å².